The number of nitrogens with zero attached hydrogens (tertiary/aromatic N) is 4. The summed E-state index contributed by atoms with van der Waals surface area (Å²) in [4.78, 5) is 15.3. The van der Waals surface area contributed by atoms with E-state index in [1.54, 1.807) is 11.3 Å². The number of aromatic nitrogens is 4. The first kappa shape index (κ1) is 14.3. The van der Waals surface area contributed by atoms with Crippen LogP contribution in [0.1, 0.15) is 0 Å². The van der Waals surface area contributed by atoms with Crippen molar-refractivity contribution in [3.05, 3.63) is 66.8 Å². The minimum Gasteiger partial charge on any atom is -0.319 e. The lowest BCUT2D eigenvalue weighted by atomic mass is 10.1. The summed E-state index contributed by atoms with van der Waals surface area (Å²) in [5.74, 6) is 0.964. The fraction of sp³-hybridized carbons (Fsp3) is 0.0500. The van der Waals surface area contributed by atoms with Gasteiger partial charge < -0.3 is 4.57 Å². The number of fused-ring (bicyclic) bond motifs is 6. The second kappa shape index (κ2) is 5.50. The van der Waals surface area contributed by atoms with Crippen molar-refractivity contribution in [2.45, 2.75) is 6.54 Å². The molecule has 0 atom stereocenters. The Morgan fingerprint density at radius 2 is 1.72 bits per heavy atom. The molecule has 0 radical (unpaired) electrons. The smallest absolute Gasteiger partial charge is 0.151 e. The molecule has 5 aromatic rings. The number of thiophene rings is 1. The average molecular weight is 342 g/mol. The molecule has 1 aromatic carbocycles. The van der Waals surface area contributed by atoms with Crippen LogP contribution in [-0.4, -0.2) is 19.5 Å². The highest BCUT2D eigenvalue weighted by Gasteiger charge is 2.19. The van der Waals surface area contributed by atoms with Gasteiger partial charge in [-0.05, 0) is 35.7 Å². The van der Waals surface area contributed by atoms with Gasteiger partial charge in [-0.25, -0.2) is 4.98 Å². The number of benzene rings is 1. The SMILES string of the molecule is C=CCn1c(-c2cccs2)nc2c3cccnc3c3ncccc3c21. The Balaban J connectivity index is 2.06. The maximum absolute atomic E-state index is 5.01. The Kier molecular flexibility index (Phi) is 3.15. The van der Waals surface area contributed by atoms with Crippen LogP contribution in [0, 0.1) is 0 Å². The zero-order chi connectivity index (χ0) is 16.8. The first-order chi connectivity index (χ1) is 12.4. The van der Waals surface area contributed by atoms with Gasteiger partial charge in [-0.2, -0.15) is 0 Å². The van der Waals surface area contributed by atoms with Crippen LogP contribution in [0.3, 0.4) is 0 Å². The summed E-state index contributed by atoms with van der Waals surface area (Å²) in [6, 6.07) is 12.2. The van der Waals surface area contributed by atoms with Gasteiger partial charge in [0.1, 0.15) is 0 Å². The number of allylic oxidation sites excluding steroid dienone is 1. The van der Waals surface area contributed by atoms with Crippen molar-refractivity contribution in [3.8, 4) is 10.7 Å². The molecular weight excluding hydrogens is 328 g/mol. The van der Waals surface area contributed by atoms with Crippen LogP contribution < -0.4 is 0 Å². The lowest BCUT2D eigenvalue weighted by Gasteiger charge is -2.08. The number of pyridine rings is 2. The monoisotopic (exact) mass is 342 g/mol. The molecule has 0 aliphatic heterocycles. The quantitative estimate of drug-likeness (QED) is 0.340. The van der Waals surface area contributed by atoms with Crippen LogP contribution in [0.2, 0.25) is 0 Å². The van der Waals surface area contributed by atoms with E-state index in [0.29, 0.717) is 6.54 Å². The van der Waals surface area contributed by atoms with Crippen molar-refractivity contribution in [3.63, 3.8) is 0 Å². The van der Waals surface area contributed by atoms with Crippen molar-refractivity contribution >= 4 is 44.2 Å². The maximum atomic E-state index is 5.01. The van der Waals surface area contributed by atoms with Gasteiger partial charge in [-0.15, -0.1) is 17.9 Å². The molecule has 0 N–H and O–H groups in total. The van der Waals surface area contributed by atoms with E-state index in [1.807, 2.05) is 30.6 Å². The second-order valence-electron chi connectivity index (χ2n) is 5.81. The molecule has 0 unspecified atom stereocenters. The summed E-state index contributed by atoms with van der Waals surface area (Å²) in [5.41, 5.74) is 3.86. The fourth-order valence-electron chi connectivity index (χ4n) is 3.38. The van der Waals surface area contributed by atoms with Crippen LogP contribution in [0.25, 0.3) is 43.5 Å². The zero-order valence-corrected chi connectivity index (χ0v) is 14.2. The molecule has 0 spiro atoms. The highest BCUT2D eigenvalue weighted by atomic mass is 32.1. The zero-order valence-electron chi connectivity index (χ0n) is 13.4. The molecule has 0 saturated carbocycles. The molecule has 0 fully saturated rings. The van der Waals surface area contributed by atoms with Crippen molar-refractivity contribution in [1.82, 2.24) is 19.5 Å². The normalized spacial score (nSPS) is 11.5. The van der Waals surface area contributed by atoms with Gasteiger partial charge in [0, 0.05) is 29.7 Å². The predicted molar refractivity (Wildman–Crippen MR) is 104 cm³/mol. The molecule has 25 heavy (non-hydrogen) atoms. The molecule has 5 heteroatoms. The first-order valence-corrected chi connectivity index (χ1v) is 8.93. The van der Waals surface area contributed by atoms with Crippen molar-refractivity contribution in [2.24, 2.45) is 0 Å². The van der Waals surface area contributed by atoms with Crippen LogP contribution in [0.15, 0.2) is 66.8 Å². The Bertz CT molecular complexity index is 1240. The number of rotatable bonds is 3. The molecule has 0 saturated heterocycles. The number of hydrogen-bond donors (Lipinski definition) is 0. The van der Waals surface area contributed by atoms with Crippen LogP contribution in [0.5, 0.6) is 0 Å². The standard InChI is InChI=1S/C20H14N4S/c1-2-11-24-19-14-7-4-10-22-17(14)16-13(6-3-9-21-16)18(19)23-20(24)15-8-5-12-25-15/h2-10,12H,1,11H2. The lowest BCUT2D eigenvalue weighted by molar-refractivity contribution is 0.866. The maximum Gasteiger partial charge on any atom is 0.151 e. The molecule has 4 heterocycles. The highest BCUT2D eigenvalue weighted by molar-refractivity contribution is 7.13. The lowest BCUT2D eigenvalue weighted by Crippen LogP contribution is -1.98. The molecule has 0 bridgehead atoms. The van der Waals surface area contributed by atoms with Gasteiger partial charge in [0.15, 0.2) is 5.82 Å². The average Bonchev–Trinajstić information content (AvgIpc) is 3.30. The molecule has 120 valence electrons. The summed E-state index contributed by atoms with van der Waals surface area (Å²) in [6.07, 6.45) is 5.54. The van der Waals surface area contributed by atoms with Gasteiger partial charge in [0.25, 0.3) is 0 Å². The second-order valence-corrected chi connectivity index (χ2v) is 6.76. The van der Waals surface area contributed by atoms with Gasteiger partial charge in [-0.1, -0.05) is 12.1 Å². The van der Waals surface area contributed by atoms with Crippen molar-refractivity contribution in [1.29, 1.82) is 0 Å². The van der Waals surface area contributed by atoms with Gasteiger partial charge in [0.2, 0.25) is 0 Å². The summed E-state index contributed by atoms with van der Waals surface area (Å²) < 4.78 is 2.23. The topological polar surface area (TPSA) is 43.6 Å². The van der Waals surface area contributed by atoms with E-state index < -0.39 is 0 Å². The van der Waals surface area contributed by atoms with E-state index in [1.165, 1.54) is 0 Å². The van der Waals surface area contributed by atoms with Crippen LogP contribution >= 0.6 is 11.3 Å². The van der Waals surface area contributed by atoms with E-state index in [-0.39, 0.29) is 0 Å². The van der Waals surface area contributed by atoms with Crippen molar-refractivity contribution in [2.75, 3.05) is 0 Å². The summed E-state index contributed by atoms with van der Waals surface area (Å²) in [5, 5.41) is 4.18. The summed E-state index contributed by atoms with van der Waals surface area (Å²) in [6.45, 7) is 4.63. The highest BCUT2D eigenvalue weighted by Crippen LogP contribution is 2.36. The first-order valence-electron chi connectivity index (χ1n) is 8.05. The van der Waals surface area contributed by atoms with E-state index in [9.17, 15) is 0 Å². The molecule has 5 rings (SSSR count). The minimum absolute atomic E-state index is 0.694. The van der Waals surface area contributed by atoms with Crippen molar-refractivity contribution < 1.29 is 0 Å². The third-order valence-corrected chi connectivity index (χ3v) is 5.24. The Morgan fingerprint density at radius 1 is 0.960 bits per heavy atom. The number of imidazole rings is 1. The molecule has 0 aliphatic rings. The minimum atomic E-state index is 0.694. The van der Waals surface area contributed by atoms with E-state index in [2.05, 4.69) is 50.8 Å². The van der Waals surface area contributed by atoms with Crippen LogP contribution in [0.4, 0.5) is 0 Å². The van der Waals surface area contributed by atoms with Gasteiger partial charge in [-0.3, -0.25) is 9.97 Å². The van der Waals surface area contributed by atoms with E-state index >= 15 is 0 Å². The number of hydrogen-bond acceptors (Lipinski definition) is 4. The Morgan fingerprint density at radius 3 is 2.44 bits per heavy atom. The molecule has 0 amide bonds. The van der Waals surface area contributed by atoms with Crippen LogP contribution in [-0.2, 0) is 6.54 Å². The largest absolute Gasteiger partial charge is 0.319 e. The van der Waals surface area contributed by atoms with Gasteiger partial charge >= 0.3 is 0 Å². The van der Waals surface area contributed by atoms with E-state index in [0.717, 1.165) is 43.5 Å². The Hall–Kier alpha value is -3.05. The molecule has 4 nitrogen and oxygen atoms in total. The summed E-state index contributed by atoms with van der Waals surface area (Å²) >= 11 is 1.69. The molecule has 0 aliphatic carbocycles. The Labute approximate surface area is 148 Å². The molecular formula is C20H14N4S. The van der Waals surface area contributed by atoms with Gasteiger partial charge in [0.05, 0.1) is 26.9 Å². The third kappa shape index (κ3) is 2.03. The molecule has 4 aromatic heterocycles. The van der Waals surface area contributed by atoms with E-state index in [4.69, 9.17) is 4.98 Å². The third-order valence-electron chi connectivity index (χ3n) is 4.37. The predicted octanol–water partition coefficient (Wildman–Crippen LogP) is 5.05. The fourth-order valence-corrected chi connectivity index (χ4v) is 4.11. The summed E-state index contributed by atoms with van der Waals surface area (Å²) in [7, 11) is 0.